The van der Waals surface area contributed by atoms with Crippen LogP contribution in [-0.4, -0.2) is 28.7 Å². The summed E-state index contributed by atoms with van der Waals surface area (Å²) < 4.78 is 6.11. The van der Waals surface area contributed by atoms with Crippen molar-refractivity contribution >= 4 is 33.0 Å². The Morgan fingerprint density at radius 3 is 2.46 bits per heavy atom. The van der Waals surface area contributed by atoms with E-state index in [9.17, 15) is 0 Å². The summed E-state index contributed by atoms with van der Waals surface area (Å²) in [4.78, 5) is 7.13. The van der Waals surface area contributed by atoms with Gasteiger partial charge < -0.3 is 0 Å². The van der Waals surface area contributed by atoms with Crippen LogP contribution < -0.4 is 3.58 Å². The minimum atomic E-state index is -1.94. The predicted octanol–water partition coefficient (Wildman–Crippen LogP) is 1.77. The van der Waals surface area contributed by atoms with E-state index in [4.69, 9.17) is 0 Å². The molecule has 0 unspecified atom stereocenters. The first-order chi connectivity index (χ1) is 6.07. The van der Waals surface area contributed by atoms with E-state index >= 15 is 0 Å². The molecule has 0 radical (unpaired) electrons. The molecule has 0 spiro atoms. The summed E-state index contributed by atoms with van der Waals surface area (Å²) in [6, 6.07) is 6.26. The quantitative estimate of drug-likeness (QED) is 0.749. The SMILES string of the molecule is [CH3][Sn]([CH3])([CH3])[c]1ccc2nonc2c1. The van der Waals surface area contributed by atoms with Gasteiger partial charge in [0.1, 0.15) is 0 Å². The Morgan fingerprint density at radius 2 is 1.77 bits per heavy atom. The molecule has 0 aliphatic heterocycles. The Bertz CT molecular complexity index is 430. The van der Waals surface area contributed by atoms with Crippen molar-refractivity contribution in [2.24, 2.45) is 0 Å². The van der Waals surface area contributed by atoms with Crippen molar-refractivity contribution in [1.29, 1.82) is 0 Å². The maximum atomic E-state index is 4.66. The van der Waals surface area contributed by atoms with Crippen LogP contribution in [0.2, 0.25) is 14.8 Å². The molecule has 0 fully saturated rings. The molecule has 0 saturated heterocycles. The van der Waals surface area contributed by atoms with E-state index in [2.05, 4.69) is 41.9 Å². The summed E-state index contributed by atoms with van der Waals surface area (Å²) >= 11 is -1.94. The Balaban J connectivity index is 2.61. The molecule has 68 valence electrons. The van der Waals surface area contributed by atoms with Crippen molar-refractivity contribution in [2.75, 3.05) is 0 Å². The summed E-state index contributed by atoms with van der Waals surface area (Å²) in [7, 11) is 0. The van der Waals surface area contributed by atoms with E-state index < -0.39 is 18.4 Å². The van der Waals surface area contributed by atoms with Crippen LogP contribution in [0.4, 0.5) is 0 Å². The zero-order valence-electron chi connectivity index (χ0n) is 8.03. The summed E-state index contributed by atoms with van der Waals surface area (Å²) in [5.74, 6) is 0. The molecule has 4 heteroatoms. The first-order valence-corrected chi connectivity index (χ1v) is 14.3. The van der Waals surface area contributed by atoms with Gasteiger partial charge in [0, 0.05) is 0 Å². The Hall–Kier alpha value is -0.581. The first-order valence-electron chi connectivity index (χ1n) is 4.30. The molecule has 13 heavy (non-hydrogen) atoms. The van der Waals surface area contributed by atoms with Crippen molar-refractivity contribution < 1.29 is 4.63 Å². The summed E-state index contributed by atoms with van der Waals surface area (Å²) in [6.07, 6.45) is 0. The predicted molar refractivity (Wildman–Crippen MR) is 54.8 cm³/mol. The fourth-order valence-corrected chi connectivity index (χ4v) is 4.54. The number of hydrogen-bond donors (Lipinski definition) is 0. The van der Waals surface area contributed by atoms with E-state index in [0.717, 1.165) is 11.0 Å². The van der Waals surface area contributed by atoms with Gasteiger partial charge in [-0.1, -0.05) is 0 Å². The summed E-state index contributed by atoms with van der Waals surface area (Å²) in [5.41, 5.74) is 1.73. The number of nitrogens with zero attached hydrogens (tertiary/aromatic N) is 2. The van der Waals surface area contributed by atoms with Crippen LogP contribution in [0.15, 0.2) is 22.8 Å². The second-order valence-electron chi connectivity index (χ2n) is 4.22. The van der Waals surface area contributed by atoms with Crippen LogP contribution in [0.25, 0.3) is 11.0 Å². The van der Waals surface area contributed by atoms with Gasteiger partial charge in [0.2, 0.25) is 0 Å². The number of benzene rings is 1. The second-order valence-corrected chi connectivity index (χ2v) is 18.7. The van der Waals surface area contributed by atoms with Gasteiger partial charge in [0.15, 0.2) is 0 Å². The average molecular weight is 283 g/mol. The van der Waals surface area contributed by atoms with Crippen LogP contribution >= 0.6 is 0 Å². The van der Waals surface area contributed by atoms with E-state index in [1.165, 1.54) is 3.58 Å². The molecular formula is C9H12N2OSn. The molecule has 1 heterocycles. The molecule has 2 rings (SSSR count). The third-order valence-corrected chi connectivity index (χ3v) is 7.95. The first kappa shape index (κ1) is 8.99. The number of fused-ring (bicyclic) bond motifs is 1. The fraction of sp³-hybridized carbons (Fsp3) is 0.333. The fourth-order valence-electron chi connectivity index (χ4n) is 1.25. The minimum absolute atomic E-state index is 0.847. The molecule has 0 N–H and O–H groups in total. The Kier molecular flexibility index (Phi) is 2.06. The van der Waals surface area contributed by atoms with Crippen LogP contribution in [0.5, 0.6) is 0 Å². The molecule has 0 bridgehead atoms. The molecule has 0 amide bonds. The number of aromatic nitrogens is 2. The molecule has 0 atom stereocenters. The van der Waals surface area contributed by atoms with Crippen molar-refractivity contribution in [2.45, 2.75) is 14.8 Å². The second kappa shape index (κ2) is 2.97. The van der Waals surface area contributed by atoms with Crippen molar-refractivity contribution in [3.8, 4) is 0 Å². The molecule has 2 aromatic rings. The van der Waals surface area contributed by atoms with E-state index in [1.54, 1.807) is 0 Å². The third kappa shape index (κ3) is 1.70. The Morgan fingerprint density at radius 1 is 1.08 bits per heavy atom. The topological polar surface area (TPSA) is 38.9 Å². The van der Waals surface area contributed by atoms with Crippen LogP contribution in [-0.2, 0) is 0 Å². The zero-order valence-corrected chi connectivity index (χ0v) is 10.9. The van der Waals surface area contributed by atoms with Crippen LogP contribution in [0.3, 0.4) is 0 Å². The van der Waals surface area contributed by atoms with E-state index in [-0.39, 0.29) is 0 Å². The maximum absolute atomic E-state index is 4.66. The summed E-state index contributed by atoms with van der Waals surface area (Å²) in [6.45, 7) is 0. The van der Waals surface area contributed by atoms with Gasteiger partial charge in [0.05, 0.1) is 0 Å². The average Bonchev–Trinajstić information content (AvgIpc) is 2.47. The molecule has 1 aromatic carbocycles. The monoisotopic (exact) mass is 284 g/mol. The van der Waals surface area contributed by atoms with Gasteiger partial charge in [0.25, 0.3) is 0 Å². The standard InChI is InChI=1S/C6H3N2O.3CH3.Sn/c1-2-4-6-5(3-1)7-9-8-6;;;;/h1,3-4H;3*1H3;. The van der Waals surface area contributed by atoms with Crippen molar-refractivity contribution in [1.82, 2.24) is 10.3 Å². The molecule has 1 aromatic heterocycles. The Labute approximate surface area is 81.0 Å². The molecule has 0 saturated carbocycles. The van der Waals surface area contributed by atoms with E-state index in [1.807, 2.05) is 6.07 Å². The molecule has 3 nitrogen and oxygen atoms in total. The molecule has 0 aliphatic carbocycles. The normalized spacial score (nSPS) is 12.2. The van der Waals surface area contributed by atoms with Crippen LogP contribution in [0, 0.1) is 0 Å². The number of rotatable bonds is 1. The van der Waals surface area contributed by atoms with Gasteiger partial charge in [-0.15, -0.1) is 0 Å². The van der Waals surface area contributed by atoms with Gasteiger partial charge in [-0.25, -0.2) is 0 Å². The van der Waals surface area contributed by atoms with Gasteiger partial charge >= 0.3 is 81.0 Å². The summed E-state index contributed by atoms with van der Waals surface area (Å²) in [5, 5.41) is 7.62. The zero-order chi connectivity index (χ0) is 9.47. The van der Waals surface area contributed by atoms with Gasteiger partial charge in [-0.3, -0.25) is 0 Å². The molecule has 0 aliphatic rings. The van der Waals surface area contributed by atoms with Gasteiger partial charge in [-0.2, -0.15) is 0 Å². The van der Waals surface area contributed by atoms with Crippen LogP contribution in [0.1, 0.15) is 0 Å². The van der Waals surface area contributed by atoms with E-state index in [0.29, 0.717) is 0 Å². The van der Waals surface area contributed by atoms with Gasteiger partial charge in [-0.05, 0) is 0 Å². The van der Waals surface area contributed by atoms with Crippen molar-refractivity contribution in [3.05, 3.63) is 18.2 Å². The van der Waals surface area contributed by atoms with Crippen molar-refractivity contribution in [3.63, 3.8) is 0 Å². The molecular weight excluding hydrogens is 271 g/mol. The number of hydrogen-bond acceptors (Lipinski definition) is 3. The third-order valence-electron chi connectivity index (χ3n) is 2.12.